The maximum Gasteiger partial charge on any atom is 0.209 e. The second kappa shape index (κ2) is 6.78. The highest BCUT2D eigenvalue weighted by molar-refractivity contribution is 6.25. The molecule has 0 amide bonds. The third-order valence-corrected chi connectivity index (χ3v) is 6.45. The van der Waals surface area contributed by atoms with E-state index in [-0.39, 0.29) is 36.3 Å². The van der Waals surface area contributed by atoms with Crippen molar-refractivity contribution in [2.45, 2.75) is 38.4 Å². The van der Waals surface area contributed by atoms with Gasteiger partial charge in [0.1, 0.15) is 22.8 Å². The number of rotatable bonds is 3. The molecule has 8 nitrogen and oxygen atoms in total. The highest BCUT2D eigenvalue weighted by Gasteiger charge is 2.59. The van der Waals surface area contributed by atoms with E-state index in [1.165, 1.54) is 13.2 Å². The van der Waals surface area contributed by atoms with Gasteiger partial charge in [0.25, 0.3) is 0 Å². The first kappa shape index (κ1) is 20.3. The fraction of sp³-hybridized carbons (Fsp3) is 0.409. The van der Waals surface area contributed by atoms with E-state index in [9.17, 15) is 34.8 Å². The number of benzene rings is 1. The first-order valence-corrected chi connectivity index (χ1v) is 9.64. The molecule has 0 aromatic heterocycles. The molecule has 0 aliphatic heterocycles. The smallest absolute Gasteiger partial charge is 0.209 e. The van der Waals surface area contributed by atoms with E-state index in [1.54, 1.807) is 6.07 Å². The zero-order valence-electron chi connectivity index (χ0n) is 16.6. The number of ether oxygens (including phenoxy) is 1. The Bertz CT molecular complexity index is 1060. The number of methoxy groups -OCH3 is 1. The number of carbonyl (C=O) groups is 3. The molecular weight excluding hydrogens is 392 g/mol. The van der Waals surface area contributed by atoms with Gasteiger partial charge in [-0.3, -0.25) is 14.4 Å². The van der Waals surface area contributed by atoms with Crippen LogP contribution in [0.15, 0.2) is 34.8 Å². The number of hydrogen-bond acceptors (Lipinski definition) is 8. The molecule has 0 saturated heterocycles. The summed E-state index contributed by atoms with van der Waals surface area (Å²) in [5, 5.41) is 42.7. The first-order valence-electron chi connectivity index (χ1n) is 9.64. The van der Waals surface area contributed by atoms with Gasteiger partial charge in [0.15, 0.2) is 17.2 Å². The summed E-state index contributed by atoms with van der Waals surface area (Å²) in [6, 6.07) is 3.03. The fourth-order valence-electron chi connectivity index (χ4n) is 5.08. The SMILES string of the molecule is COCc1ccc(O)c2c1C[C@@H]1C[C@@H]3CC(O)=C(C(C)=O)C(=O)[C@@]3(O)C(O)=C1C2=O. The van der Waals surface area contributed by atoms with Crippen molar-refractivity contribution < 1.29 is 39.5 Å². The summed E-state index contributed by atoms with van der Waals surface area (Å²) < 4.78 is 5.18. The van der Waals surface area contributed by atoms with Crippen LogP contribution >= 0.6 is 0 Å². The van der Waals surface area contributed by atoms with Gasteiger partial charge >= 0.3 is 0 Å². The summed E-state index contributed by atoms with van der Waals surface area (Å²) >= 11 is 0. The molecule has 3 atom stereocenters. The molecule has 3 aliphatic rings. The molecule has 1 aromatic carbocycles. The van der Waals surface area contributed by atoms with Crippen LogP contribution in [0.5, 0.6) is 5.75 Å². The Hall–Kier alpha value is -2.97. The minimum Gasteiger partial charge on any atom is -0.511 e. The Balaban J connectivity index is 1.90. The summed E-state index contributed by atoms with van der Waals surface area (Å²) in [6.07, 6.45) is 0.263. The van der Waals surface area contributed by atoms with Gasteiger partial charge < -0.3 is 25.2 Å². The van der Waals surface area contributed by atoms with Crippen LogP contribution in [-0.4, -0.2) is 50.5 Å². The largest absolute Gasteiger partial charge is 0.511 e. The fourth-order valence-corrected chi connectivity index (χ4v) is 5.08. The van der Waals surface area contributed by atoms with Gasteiger partial charge in [-0.05, 0) is 42.9 Å². The van der Waals surface area contributed by atoms with Crippen molar-refractivity contribution in [1.29, 1.82) is 0 Å². The lowest BCUT2D eigenvalue weighted by molar-refractivity contribution is -0.144. The number of ketones is 3. The molecule has 0 saturated carbocycles. The molecule has 0 unspecified atom stereocenters. The predicted molar refractivity (Wildman–Crippen MR) is 103 cm³/mol. The number of phenols is 1. The van der Waals surface area contributed by atoms with Gasteiger partial charge in [-0.2, -0.15) is 0 Å². The van der Waals surface area contributed by atoms with Crippen molar-refractivity contribution in [2.75, 3.05) is 7.11 Å². The van der Waals surface area contributed by atoms with Crippen LogP contribution in [0, 0.1) is 11.8 Å². The molecule has 0 bridgehead atoms. The monoisotopic (exact) mass is 414 g/mol. The quantitative estimate of drug-likeness (QED) is 0.549. The molecule has 30 heavy (non-hydrogen) atoms. The van der Waals surface area contributed by atoms with Gasteiger partial charge in [0, 0.05) is 25.0 Å². The highest BCUT2D eigenvalue weighted by Crippen LogP contribution is 2.51. The van der Waals surface area contributed by atoms with Gasteiger partial charge in [-0.15, -0.1) is 0 Å². The van der Waals surface area contributed by atoms with Crippen LogP contribution in [0.1, 0.15) is 41.3 Å². The summed E-state index contributed by atoms with van der Waals surface area (Å²) in [5.74, 6) is -5.40. The summed E-state index contributed by atoms with van der Waals surface area (Å²) in [5.41, 5.74) is -1.83. The number of aromatic hydroxyl groups is 1. The molecule has 4 rings (SSSR count). The van der Waals surface area contributed by atoms with E-state index >= 15 is 0 Å². The Morgan fingerprint density at radius 2 is 1.90 bits per heavy atom. The van der Waals surface area contributed by atoms with E-state index in [1.807, 2.05) is 0 Å². The highest BCUT2D eigenvalue weighted by atomic mass is 16.5. The molecule has 0 spiro atoms. The Kier molecular flexibility index (Phi) is 4.59. The van der Waals surface area contributed by atoms with Gasteiger partial charge in [-0.25, -0.2) is 0 Å². The molecule has 0 radical (unpaired) electrons. The summed E-state index contributed by atoms with van der Waals surface area (Å²) in [6.45, 7) is 1.31. The number of fused-ring (bicyclic) bond motifs is 3. The number of aliphatic hydroxyl groups excluding tert-OH is 2. The van der Waals surface area contributed by atoms with Crippen LogP contribution in [0.3, 0.4) is 0 Å². The van der Waals surface area contributed by atoms with Crippen LogP contribution in [0.25, 0.3) is 0 Å². The minimum absolute atomic E-state index is 0.0119. The van der Waals surface area contributed by atoms with Crippen LogP contribution in [0.2, 0.25) is 0 Å². The van der Waals surface area contributed by atoms with E-state index in [4.69, 9.17) is 4.74 Å². The number of Topliss-reactive ketones (excluding diaryl/α,β-unsaturated/α-hetero) is 3. The van der Waals surface area contributed by atoms with Crippen molar-refractivity contribution in [3.8, 4) is 5.75 Å². The van der Waals surface area contributed by atoms with Crippen molar-refractivity contribution >= 4 is 17.3 Å². The second-order valence-corrected chi connectivity index (χ2v) is 8.13. The van der Waals surface area contributed by atoms with E-state index in [0.717, 1.165) is 12.5 Å². The van der Waals surface area contributed by atoms with Crippen molar-refractivity contribution in [1.82, 2.24) is 0 Å². The number of carbonyl (C=O) groups excluding carboxylic acids is 3. The van der Waals surface area contributed by atoms with Crippen LogP contribution in [0.4, 0.5) is 0 Å². The predicted octanol–water partition coefficient (Wildman–Crippen LogP) is 1.83. The molecular formula is C22H22O8. The summed E-state index contributed by atoms with van der Waals surface area (Å²) in [4.78, 5) is 38.0. The zero-order chi connectivity index (χ0) is 22.0. The van der Waals surface area contributed by atoms with E-state index in [0.29, 0.717) is 12.0 Å². The molecule has 4 N–H and O–H groups in total. The lowest BCUT2D eigenvalue weighted by atomic mass is 9.60. The maximum atomic E-state index is 13.3. The van der Waals surface area contributed by atoms with Crippen molar-refractivity contribution in [2.24, 2.45) is 11.8 Å². The lowest BCUT2D eigenvalue weighted by Crippen LogP contribution is -2.56. The molecule has 0 fully saturated rings. The number of aliphatic hydroxyl groups is 3. The standard InChI is InChI=1S/C22H22O8/c1-9(23)16-15(25)7-12-5-11-6-13-10(8-30-2)3-4-14(24)18(13)19(26)17(11)21(28)22(12,29)20(16)27/h3-4,11-12,24-25,28-29H,5-8H2,1-2H3/t11-,12+,22+/m0/s1. The number of hydrogen-bond donors (Lipinski definition) is 4. The molecule has 1 aromatic rings. The molecule has 8 heteroatoms. The third-order valence-electron chi connectivity index (χ3n) is 6.45. The Labute approximate surface area is 172 Å². The average molecular weight is 414 g/mol. The lowest BCUT2D eigenvalue weighted by Gasteiger charge is -2.45. The molecule has 3 aliphatic carbocycles. The second-order valence-electron chi connectivity index (χ2n) is 8.13. The van der Waals surface area contributed by atoms with Crippen LogP contribution in [-0.2, 0) is 27.4 Å². The number of phenolic OH excluding ortho intramolecular Hbond substituents is 1. The van der Waals surface area contributed by atoms with Crippen molar-refractivity contribution in [3.63, 3.8) is 0 Å². The van der Waals surface area contributed by atoms with Gasteiger partial charge in [-0.1, -0.05) is 6.07 Å². The molecule has 0 heterocycles. The molecule has 158 valence electrons. The van der Waals surface area contributed by atoms with Gasteiger partial charge in [0.05, 0.1) is 12.2 Å². The first-order chi connectivity index (χ1) is 14.1. The normalized spacial score (nSPS) is 28.2. The Morgan fingerprint density at radius 3 is 2.53 bits per heavy atom. The Morgan fingerprint density at radius 1 is 1.20 bits per heavy atom. The third kappa shape index (κ3) is 2.57. The maximum absolute atomic E-state index is 13.3. The summed E-state index contributed by atoms with van der Waals surface area (Å²) in [7, 11) is 1.51. The van der Waals surface area contributed by atoms with Crippen LogP contribution < -0.4 is 0 Å². The number of allylic oxidation sites excluding steroid dienone is 2. The average Bonchev–Trinajstić information content (AvgIpc) is 2.66. The van der Waals surface area contributed by atoms with E-state index < -0.39 is 51.9 Å². The minimum atomic E-state index is -2.47. The van der Waals surface area contributed by atoms with E-state index in [2.05, 4.69) is 0 Å². The topological polar surface area (TPSA) is 141 Å². The van der Waals surface area contributed by atoms with Crippen molar-refractivity contribution in [3.05, 3.63) is 51.5 Å². The van der Waals surface area contributed by atoms with Gasteiger partial charge in [0.2, 0.25) is 5.78 Å². The zero-order valence-corrected chi connectivity index (χ0v) is 16.6.